The maximum absolute atomic E-state index is 13.6. The number of carboxylic acid groups (broad SMARTS) is 1. The van der Waals surface area contributed by atoms with Crippen LogP contribution in [0.1, 0.15) is 48.1 Å². The Labute approximate surface area is 185 Å². The minimum absolute atomic E-state index is 0.313. The number of nitrogens with zero attached hydrogens (tertiary/aromatic N) is 4. The lowest BCUT2D eigenvalue weighted by Gasteiger charge is -2.13. The van der Waals surface area contributed by atoms with E-state index in [4.69, 9.17) is 0 Å². The summed E-state index contributed by atoms with van der Waals surface area (Å²) in [6, 6.07) is 10.4. The highest BCUT2D eigenvalue weighted by Crippen LogP contribution is 2.28. The molecule has 0 spiro atoms. The molecule has 0 aliphatic heterocycles. The van der Waals surface area contributed by atoms with Gasteiger partial charge in [0.1, 0.15) is 6.04 Å². The molecular formula is C25H26N4O3. The number of nitriles is 1. The molecule has 0 amide bonds. The third-order valence-electron chi connectivity index (χ3n) is 6.09. The van der Waals surface area contributed by atoms with E-state index in [1.165, 1.54) is 10.1 Å². The molecule has 0 saturated carbocycles. The monoisotopic (exact) mass is 430 g/mol. The molecule has 4 aromatic rings. The summed E-state index contributed by atoms with van der Waals surface area (Å²) in [4.78, 5) is 25.6. The molecule has 0 unspecified atom stereocenters. The van der Waals surface area contributed by atoms with E-state index in [0.717, 1.165) is 22.0 Å². The highest BCUT2D eigenvalue weighted by atomic mass is 16.4. The van der Waals surface area contributed by atoms with Gasteiger partial charge < -0.3 is 9.67 Å². The highest BCUT2D eigenvalue weighted by molar-refractivity contribution is 5.88. The largest absolute Gasteiger partial charge is 0.480 e. The van der Waals surface area contributed by atoms with Gasteiger partial charge in [0.25, 0.3) is 0 Å². The van der Waals surface area contributed by atoms with Crippen molar-refractivity contribution in [3.8, 4) is 6.07 Å². The molecule has 164 valence electrons. The van der Waals surface area contributed by atoms with Gasteiger partial charge in [-0.2, -0.15) is 5.26 Å². The average molecular weight is 431 g/mol. The molecule has 7 nitrogen and oxygen atoms in total. The summed E-state index contributed by atoms with van der Waals surface area (Å²) in [7, 11) is 1.98. The van der Waals surface area contributed by atoms with Gasteiger partial charge in [-0.15, -0.1) is 0 Å². The first-order valence-electron chi connectivity index (χ1n) is 10.7. The number of fused-ring (bicyclic) bond motifs is 2. The van der Waals surface area contributed by atoms with E-state index >= 15 is 0 Å². The second kappa shape index (κ2) is 8.04. The minimum Gasteiger partial charge on any atom is -0.480 e. The van der Waals surface area contributed by atoms with Crippen molar-refractivity contribution in [3.05, 3.63) is 69.3 Å². The third kappa shape index (κ3) is 3.38. The lowest BCUT2D eigenvalue weighted by atomic mass is 10.0. The van der Waals surface area contributed by atoms with Crippen molar-refractivity contribution in [2.75, 3.05) is 0 Å². The van der Waals surface area contributed by atoms with Crippen LogP contribution in [-0.2, 0) is 18.4 Å². The Morgan fingerprint density at radius 2 is 1.91 bits per heavy atom. The zero-order valence-corrected chi connectivity index (χ0v) is 18.7. The molecule has 1 N–H and O–H groups in total. The SMILES string of the molecule is CCC[C@@H](C(=O)O)n1c(=O)n(Cc2cn(C)c3cc(C)cc(C)c23)c2ccc(C#N)cc21. The number of hydrogen-bond acceptors (Lipinski definition) is 3. The minimum atomic E-state index is -1.05. The normalized spacial score (nSPS) is 12.3. The third-order valence-corrected chi connectivity index (χ3v) is 6.09. The lowest BCUT2D eigenvalue weighted by Crippen LogP contribution is -2.31. The molecule has 2 aromatic carbocycles. The number of aryl methyl sites for hydroxylation is 3. The van der Waals surface area contributed by atoms with E-state index in [9.17, 15) is 20.0 Å². The van der Waals surface area contributed by atoms with Gasteiger partial charge in [0, 0.05) is 24.1 Å². The molecule has 0 radical (unpaired) electrons. The number of carboxylic acids is 1. The number of carbonyl (C=O) groups is 1. The quantitative estimate of drug-likeness (QED) is 0.495. The Morgan fingerprint density at radius 1 is 1.16 bits per heavy atom. The van der Waals surface area contributed by atoms with Crippen LogP contribution in [0.4, 0.5) is 0 Å². The standard InChI is InChI=1S/C25H26N4O3/c1-5-6-20(24(30)31)29-21-11-17(12-26)7-8-19(21)28(25(29)32)14-18-13-27(4)22-10-15(2)9-16(3)23(18)22/h7-11,13,20H,5-6,14H2,1-4H3,(H,30,31)/t20-/m0/s1. The van der Waals surface area contributed by atoms with Gasteiger partial charge in [-0.05, 0) is 61.2 Å². The Bertz CT molecular complexity index is 1460. The van der Waals surface area contributed by atoms with Crippen molar-refractivity contribution in [2.45, 2.75) is 46.2 Å². The van der Waals surface area contributed by atoms with Crippen molar-refractivity contribution < 1.29 is 9.90 Å². The summed E-state index contributed by atoms with van der Waals surface area (Å²) in [6.07, 6.45) is 2.98. The van der Waals surface area contributed by atoms with E-state index in [1.54, 1.807) is 22.8 Å². The van der Waals surface area contributed by atoms with Crippen LogP contribution in [-0.4, -0.2) is 24.8 Å². The van der Waals surface area contributed by atoms with Gasteiger partial charge in [0.15, 0.2) is 0 Å². The summed E-state index contributed by atoms with van der Waals surface area (Å²) in [6.45, 7) is 6.32. The number of rotatable bonds is 6. The first-order chi connectivity index (χ1) is 15.3. The second-order valence-electron chi connectivity index (χ2n) is 8.44. The molecule has 4 rings (SSSR count). The fourth-order valence-electron chi connectivity index (χ4n) is 4.74. The van der Waals surface area contributed by atoms with E-state index in [1.807, 2.05) is 20.2 Å². The van der Waals surface area contributed by atoms with Crippen LogP contribution in [0.25, 0.3) is 21.9 Å². The molecule has 0 saturated heterocycles. The van der Waals surface area contributed by atoms with E-state index in [-0.39, 0.29) is 5.69 Å². The first-order valence-corrected chi connectivity index (χ1v) is 10.7. The molecule has 2 heterocycles. The van der Waals surface area contributed by atoms with Gasteiger partial charge in [-0.1, -0.05) is 19.4 Å². The number of imidazole rings is 1. The van der Waals surface area contributed by atoms with Gasteiger partial charge in [-0.3, -0.25) is 9.13 Å². The van der Waals surface area contributed by atoms with Crippen LogP contribution in [0.15, 0.2) is 41.3 Å². The maximum Gasteiger partial charge on any atom is 0.330 e. The molecular weight excluding hydrogens is 404 g/mol. The predicted molar refractivity (Wildman–Crippen MR) is 124 cm³/mol. The average Bonchev–Trinajstić information content (AvgIpc) is 3.20. The van der Waals surface area contributed by atoms with E-state index < -0.39 is 12.0 Å². The number of aromatic nitrogens is 3. The molecule has 32 heavy (non-hydrogen) atoms. The van der Waals surface area contributed by atoms with Crippen LogP contribution >= 0.6 is 0 Å². The molecule has 2 aromatic heterocycles. The fourth-order valence-corrected chi connectivity index (χ4v) is 4.74. The molecule has 0 fully saturated rings. The van der Waals surface area contributed by atoms with E-state index in [0.29, 0.717) is 36.0 Å². The summed E-state index contributed by atoms with van der Waals surface area (Å²) in [5, 5.41) is 20.3. The Hall–Kier alpha value is -3.79. The van der Waals surface area contributed by atoms with Crippen molar-refractivity contribution in [1.82, 2.24) is 13.7 Å². The van der Waals surface area contributed by atoms with E-state index in [2.05, 4.69) is 36.6 Å². The first kappa shape index (κ1) is 21.4. The number of benzene rings is 2. The summed E-state index contributed by atoms with van der Waals surface area (Å²) < 4.78 is 5.01. The molecule has 0 bridgehead atoms. The van der Waals surface area contributed by atoms with Crippen LogP contribution in [0, 0.1) is 25.2 Å². The summed E-state index contributed by atoms with van der Waals surface area (Å²) in [5.41, 5.74) is 5.50. The summed E-state index contributed by atoms with van der Waals surface area (Å²) in [5.74, 6) is -1.05. The van der Waals surface area contributed by atoms with Crippen molar-refractivity contribution in [1.29, 1.82) is 5.26 Å². The zero-order chi connectivity index (χ0) is 23.2. The van der Waals surface area contributed by atoms with Crippen molar-refractivity contribution in [2.24, 2.45) is 7.05 Å². The van der Waals surface area contributed by atoms with Gasteiger partial charge in [0.2, 0.25) is 0 Å². The molecule has 0 aliphatic carbocycles. The van der Waals surface area contributed by atoms with Crippen LogP contribution in [0.5, 0.6) is 0 Å². The number of hydrogen-bond donors (Lipinski definition) is 1. The van der Waals surface area contributed by atoms with Crippen LogP contribution in [0.2, 0.25) is 0 Å². The maximum atomic E-state index is 13.6. The molecule has 0 aliphatic rings. The van der Waals surface area contributed by atoms with Crippen molar-refractivity contribution >= 4 is 27.9 Å². The van der Waals surface area contributed by atoms with Crippen LogP contribution in [0.3, 0.4) is 0 Å². The topological polar surface area (TPSA) is 92.9 Å². The smallest absolute Gasteiger partial charge is 0.330 e. The van der Waals surface area contributed by atoms with Gasteiger partial charge in [0.05, 0.1) is 29.2 Å². The fraction of sp³-hybridized carbons (Fsp3) is 0.320. The second-order valence-corrected chi connectivity index (χ2v) is 8.44. The van der Waals surface area contributed by atoms with Crippen LogP contribution < -0.4 is 5.69 Å². The molecule has 7 heteroatoms. The Morgan fingerprint density at radius 3 is 2.56 bits per heavy atom. The molecule has 1 atom stereocenters. The predicted octanol–water partition coefficient (Wildman–Crippen LogP) is 4.26. The Balaban J connectivity index is 1.98. The summed E-state index contributed by atoms with van der Waals surface area (Å²) >= 11 is 0. The van der Waals surface area contributed by atoms with Crippen molar-refractivity contribution in [3.63, 3.8) is 0 Å². The number of aliphatic carboxylic acids is 1. The zero-order valence-electron chi connectivity index (χ0n) is 18.7. The lowest BCUT2D eigenvalue weighted by molar-refractivity contribution is -0.141. The van der Waals surface area contributed by atoms with Gasteiger partial charge >= 0.3 is 11.7 Å². The van der Waals surface area contributed by atoms with Gasteiger partial charge in [-0.25, -0.2) is 9.59 Å². The Kier molecular flexibility index (Phi) is 5.39. The highest BCUT2D eigenvalue weighted by Gasteiger charge is 2.26.